The Balaban J connectivity index is 0.000000255. The number of benzene rings is 3. The summed E-state index contributed by atoms with van der Waals surface area (Å²) in [4.78, 5) is 24.2. The normalized spacial score (nSPS) is 15.4. The number of carbonyl (C=O) groups excluding carboxylic acids is 1. The first-order valence-electron chi connectivity index (χ1n) is 13.5. The highest BCUT2D eigenvalue weighted by atomic mass is 35.5. The Morgan fingerprint density at radius 2 is 1.77 bits per heavy atom. The molecule has 1 aliphatic carbocycles. The van der Waals surface area contributed by atoms with Gasteiger partial charge in [-0.3, -0.25) is 4.79 Å². The van der Waals surface area contributed by atoms with Crippen LogP contribution in [0.15, 0.2) is 66.7 Å². The molecular formula is C31H33ClF3N3O6. The van der Waals surface area contributed by atoms with E-state index in [0.29, 0.717) is 22.8 Å². The fraction of sp³-hybridized carbons (Fsp3) is 0.323. The van der Waals surface area contributed by atoms with Gasteiger partial charge in [-0.15, -0.1) is 13.2 Å². The summed E-state index contributed by atoms with van der Waals surface area (Å²) in [5.41, 5.74) is 8.70. The number of aliphatic hydroxyl groups excluding tert-OH is 1. The predicted molar refractivity (Wildman–Crippen MR) is 160 cm³/mol. The van der Waals surface area contributed by atoms with E-state index >= 15 is 0 Å². The van der Waals surface area contributed by atoms with E-state index in [9.17, 15) is 22.8 Å². The van der Waals surface area contributed by atoms with Crippen molar-refractivity contribution < 1.29 is 42.4 Å². The Labute approximate surface area is 257 Å². The second kappa shape index (κ2) is 14.6. The van der Waals surface area contributed by atoms with Gasteiger partial charge < -0.3 is 35.7 Å². The lowest BCUT2D eigenvalue weighted by Gasteiger charge is -2.22. The topological polar surface area (TPSA) is 146 Å². The Kier molecular flexibility index (Phi) is 11.4. The molecule has 3 aromatic carbocycles. The number of rotatable bonds is 7. The van der Waals surface area contributed by atoms with E-state index < -0.39 is 24.5 Å². The minimum atomic E-state index is -4.79. The monoisotopic (exact) mass is 635 g/mol. The largest absolute Gasteiger partial charge is 0.573 e. The summed E-state index contributed by atoms with van der Waals surface area (Å²) in [6, 6.07) is 17.2. The Bertz CT molecular complexity index is 1460. The van der Waals surface area contributed by atoms with Gasteiger partial charge in [-0.2, -0.15) is 0 Å². The SMILES string of the molecule is CCC(O)C(=O)O.COc1cccc(C=N)c1.NC(C(=O)N1CC2(CC2)c2ccc(OC(F)(F)F)cc21)c1ccc(Cl)cc1. The number of alkyl halides is 3. The lowest BCUT2D eigenvalue weighted by Crippen LogP contribution is -2.38. The van der Waals surface area contributed by atoms with E-state index in [1.54, 1.807) is 44.4 Å². The molecule has 2 unspecified atom stereocenters. The standard InChI is InChI=1S/C19H16ClF3N2O2.C8H9NO.C4H8O3/c20-12-3-1-11(2-4-12)16(24)17(26)25-10-18(7-8-18)14-6-5-13(9-15(14)25)27-19(21,22)23;1-10-8-4-2-3-7(5-8)6-9;1-2-3(5)4(6)7/h1-6,9,16H,7-8,10,24H2;2-6,9H,1H3;3,5H,2H2,1H3,(H,6,7). The van der Waals surface area contributed by atoms with Crippen molar-refractivity contribution in [3.63, 3.8) is 0 Å². The van der Waals surface area contributed by atoms with Gasteiger partial charge in [0.05, 0.1) is 12.8 Å². The number of carbonyl (C=O) groups is 2. The van der Waals surface area contributed by atoms with Gasteiger partial charge in [-0.25, -0.2) is 4.79 Å². The smallest absolute Gasteiger partial charge is 0.497 e. The van der Waals surface area contributed by atoms with Crippen LogP contribution in [-0.2, 0) is 15.0 Å². The molecule has 0 bridgehead atoms. The molecule has 0 radical (unpaired) electrons. The number of aliphatic carboxylic acids is 1. The van der Waals surface area contributed by atoms with E-state index in [0.717, 1.165) is 29.7 Å². The lowest BCUT2D eigenvalue weighted by molar-refractivity contribution is -0.274. The second-order valence-electron chi connectivity index (χ2n) is 10.1. The van der Waals surface area contributed by atoms with Crippen molar-refractivity contribution in [2.24, 2.45) is 5.73 Å². The van der Waals surface area contributed by atoms with E-state index in [1.165, 1.54) is 23.2 Å². The molecular weight excluding hydrogens is 603 g/mol. The van der Waals surface area contributed by atoms with Crippen LogP contribution in [0.2, 0.25) is 5.02 Å². The number of aliphatic hydroxyl groups is 1. The van der Waals surface area contributed by atoms with Gasteiger partial charge in [0.25, 0.3) is 0 Å². The number of carboxylic acids is 1. The molecule has 1 saturated carbocycles. The Hall–Kier alpha value is -4.13. The van der Waals surface area contributed by atoms with Crippen molar-refractivity contribution in [1.29, 1.82) is 5.41 Å². The number of fused-ring (bicyclic) bond motifs is 2. The molecule has 5 rings (SSSR count). The first-order valence-corrected chi connectivity index (χ1v) is 13.9. The van der Waals surface area contributed by atoms with Gasteiger partial charge in [0.2, 0.25) is 5.91 Å². The van der Waals surface area contributed by atoms with Crippen LogP contribution in [0.1, 0.15) is 48.9 Å². The maximum absolute atomic E-state index is 13.0. The third-order valence-electron chi connectivity index (χ3n) is 7.07. The average molecular weight is 636 g/mol. The third-order valence-corrected chi connectivity index (χ3v) is 7.32. The van der Waals surface area contributed by atoms with Crippen molar-refractivity contribution in [1.82, 2.24) is 0 Å². The molecule has 236 valence electrons. The number of nitrogens with two attached hydrogens (primary N) is 1. The summed E-state index contributed by atoms with van der Waals surface area (Å²) in [6.07, 6.45) is -2.63. The van der Waals surface area contributed by atoms with Crippen LogP contribution in [0.25, 0.3) is 0 Å². The minimum absolute atomic E-state index is 0.179. The number of amides is 1. The van der Waals surface area contributed by atoms with Gasteiger partial charge in [0.1, 0.15) is 17.5 Å². The van der Waals surface area contributed by atoms with Crippen LogP contribution in [0.5, 0.6) is 11.5 Å². The molecule has 1 heterocycles. The summed E-state index contributed by atoms with van der Waals surface area (Å²) < 4.78 is 46.7. The van der Waals surface area contributed by atoms with Crippen LogP contribution in [0.3, 0.4) is 0 Å². The lowest BCUT2D eigenvalue weighted by atomic mass is 9.99. The fourth-order valence-electron chi connectivity index (χ4n) is 4.51. The molecule has 44 heavy (non-hydrogen) atoms. The molecule has 1 aliphatic heterocycles. The number of ether oxygens (including phenoxy) is 2. The maximum atomic E-state index is 13.0. The number of nitrogens with zero attached hydrogens (tertiary/aromatic N) is 1. The van der Waals surface area contributed by atoms with Crippen LogP contribution >= 0.6 is 11.6 Å². The van der Waals surface area contributed by atoms with E-state index in [4.69, 9.17) is 37.7 Å². The molecule has 5 N–H and O–H groups in total. The molecule has 2 atom stereocenters. The van der Waals surface area contributed by atoms with Gasteiger partial charge in [-0.05, 0) is 66.3 Å². The van der Waals surface area contributed by atoms with Crippen LogP contribution in [-0.4, -0.2) is 54.4 Å². The number of nitrogens with one attached hydrogen (secondary N) is 1. The fourth-order valence-corrected chi connectivity index (χ4v) is 4.64. The van der Waals surface area contributed by atoms with Crippen molar-refractivity contribution in [2.75, 3.05) is 18.6 Å². The first-order chi connectivity index (χ1) is 20.7. The zero-order valence-corrected chi connectivity index (χ0v) is 24.7. The van der Waals surface area contributed by atoms with Crippen LogP contribution in [0.4, 0.5) is 18.9 Å². The molecule has 0 aromatic heterocycles. The van der Waals surface area contributed by atoms with Crippen molar-refractivity contribution in [2.45, 2.75) is 50.1 Å². The van der Waals surface area contributed by atoms with Gasteiger partial charge in [0, 0.05) is 29.3 Å². The second-order valence-corrected chi connectivity index (χ2v) is 10.6. The highest BCUT2D eigenvalue weighted by molar-refractivity contribution is 6.30. The molecule has 1 spiro atoms. The zero-order valence-electron chi connectivity index (χ0n) is 24.0. The predicted octanol–water partition coefficient (Wildman–Crippen LogP) is 5.85. The van der Waals surface area contributed by atoms with Gasteiger partial charge >= 0.3 is 12.3 Å². The van der Waals surface area contributed by atoms with Crippen LogP contribution < -0.4 is 20.1 Å². The molecule has 3 aromatic rings. The third kappa shape index (κ3) is 8.94. The summed E-state index contributed by atoms with van der Waals surface area (Å²) >= 11 is 5.86. The molecule has 0 saturated heterocycles. The van der Waals surface area contributed by atoms with Crippen molar-refractivity contribution in [3.05, 3.63) is 88.4 Å². The average Bonchev–Trinajstić information content (AvgIpc) is 3.72. The molecule has 9 nitrogen and oxygen atoms in total. The van der Waals surface area contributed by atoms with Crippen molar-refractivity contribution in [3.8, 4) is 11.5 Å². The number of anilines is 1. The molecule has 2 aliphatic rings. The van der Waals surface area contributed by atoms with E-state index in [2.05, 4.69) is 4.74 Å². The number of hydrogen-bond acceptors (Lipinski definition) is 7. The first kappa shape index (κ1) is 34.4. The number of carboxylic acid groups (broad SMARTS) is 1. The summed E-state index contributed by atoms with van der Waals surface area (Å²) in [7, 11) is 1.61. The van der Waals surface area contributed by atoms with Gasteiger partial charge in [-0.1, -0.05) is 48.9 Å². The molecule has 1 fully saturated rings. The van der Waals surface area contributed by atoms with E-state index in [-0.39, 0.29) is 23.5 Å². The highest BCUT2D eigenvalue weighted by Crippen LogP contribution is 2.57. The number of halogens is 4. The summed E-state index contributed by atoms with van der Waals surface area (Å²) in [6.45, 7) is 2.02. The minimum Gasteiger partial charge on any atom is -0.497 e. The Morgan fingerprint density at radius 3 is 2.27 bits per heavy atom. The van der Waals surface area contributed by atoms with E-state index in [1.807, 2.05) is 24.3 Å². The molecule has 13 heteroatoms. The quantitative estimate of drug-likeness (QED) is 0.238. The van der Waals surface area contributed by atoms with Crippen LogP contribution in [0, 0.1) is 5.41 Å². The zero-order chi connectivity index (χ0) is 32.7. The number of hydrogen-bond donors (Lipinski definition) is 4. The number of methoxy groups -OCH3 is 1. The summed E-state index contributed by atoms with van der Waals surface area (Å²) in [5.74, 6) is -1.08. The highest BCUT2D eigenvalue weighted by Gasteiger charge is 2.53. The Morgan fingerprint density at radius 1 is 1.11 bits per heavy atom. The van der Waals surface area contributed by atoms with Crippen molar-refractivity contribution >= 4 is 35.4 Å². The summed E-state index contributed by atoms with van der Waals surface area (Å²) in [5, 5.41) is 23.7. The maximum Gasteiger partial charge on any atom is 0.573 e. The molecule has 1 amide bonds. The van der Waals surface area contributed by atoms with Gasteiger partial charge in [0.15, 0.2) is 6.10 Å².